The average molecular weight is 343 g/mol. The maximum absolute atomic E-state index is 12.4. The highest BCUT2D eigenvalue weighted by Gasteiger charge is 2.39. The quantitative estimate of drug-likeness (QED) is 0.725. The number of aliphatic hydroxyl groups is 1. The molecule has 2 atom stereocenters. The normalized spacial score (nSPS) is 23.0. The van der Waals surface area contributed by atoms with Crippen LogP contribution in [0.25, 0.3) is 0 Å². The maximum Gasteiger partial charge on any atom is 0.176 e. The first-order valence-electron chi connectivity index (χ1n) is 7.11. The van der Waals surface area contributed by atoms with Crippen LogP contribution in [0, 0.1) is 0 Å². The van der Waals surface area contributed by atoms with E-state index < -0.39 is 22.0 Å². The van der Waals surface area contributed by atoms with E-state index in [9.17, 15) is 18.3 Å². The van der Waals surface area contributed by atoms with E-state index in [4.69, 9.17) is 9.47 Å². The van der Waals surface area contributed by atoms with Crippen molar-refractivity contribution in [1.29, 1.82) is 0 Å². The summed E-state index contributed by atoms with van der Waals surface area (Å²) in [4.78, 5) is 14.0. The number of ether oxygens (including phenoxy) is 2. The number of likely N-dealkylation sites (N-methyl/N-ethyl adjacent to an activating group) is 1. The highest BCUT2D eigenvalue weighted by Crippen LogP contribution is 2.28. The molecular weight excluding hydrogens is 322 g/mol. The molecule has 0 spiro atoms. The zero-order valence-electron chi connectivity index (χ0n) is 13.4. The lowest BCUT2D eigenvalue weighted by Crippen LogP contribution is -2.43. The molecule has 1 heterocycles. The van der Waals surface area contributed by atoms with Crippen LogP contribution in [0.4, 0.5) is 0 Å². The molecule has 1 saturated heterocycles. The number of hydrogen-bond acceptors (Lipinski definition) is 7. The van der Waals surface area contributed by atoms with Crippen molar-refractivity contribution >= 4 is 15.6 Å². The highest BCUT2D eigenvalue weighted by atomic mass is 32.2. The molecule has 23 heavy (non-hydrogen) atoms. The molecule has 0 radical (unpaired) electrons. The Kier molecular flexibility index (Phi) is 5.28. The summed E-state index contributed by atoms with van der Waals surface area (Å²) in [6.07, 6.45) is -0.969. The molecule has 0 saturated carbocycles. The fraction of sp³-hybridized carbons (Fsp3) is 0.533. The Morgan fingerprint density at radius 1 is 1.26 bits per heavy atom. The third-order valence-corrected chi connectivity index (χ3v) is 5.66. The molecule has 0 aliphatic carbocycles. The van der Waals surface area contributed by atoms with Crippen molar-refractivity contribution in [3.63, 3.8) is 0 Å². The second-order valence-electron chi connectivity index (χ2n) is 5.62. The first kappa shape index (κ1) is 17.7. The van der Waals surface area contributed by atoms with Gasteiger partial charge >= 0.3 is 0 Å². The van der Waals surface area contributed by atoms with Gasteiger partial charge in [0, 0.05) is 5.56 Å². The molecule has 1 aliphatic heterocycles. The summed E-state index contributed by atoms with van der Waals surface area (Å²) in [5, 5.41) is 9.86. The predicted octanol–water partition coefficient (Wildman–Crippen LogP) is -0.0238. The average Bonchev–Trinajstić information content (AvgIpc) is 2.79. The Morgan fingerprint density at radius 3 is 2.43 bits per heavy atom. The molecule has 1 aromatic rings. The van der Waals surface area contributed by atoms with E-state index in [1.54, 1.807) is 30.1 Å². The number of carbonyl (C=O) groups is 1. The second-order valence-corrected chi connectivity index (χ2v) is 7.77. The van der Waals surface area contributed by atoms with Gasteiger partial charge in [-0.3, -0.25) is 9.69 Å². The molecule has 0 aromatic heterocycles. The molecule has 2 rings (SSSR count). The van der Waals surface area contributed by atoms with Gasteiger partial charge in [0.05, 0.1) is 44.4 Å². The zero-order valence-corrected chi connectivity index (χ0v) is 14.2. The third-order valence-electron chi connectivity index (χ3n) is 3.96. The number of sulfone groups is 1. The second kappa shape index (κ2) is 6.86. The van der Waals surface area contributed by atoms with Gasteiger partial charge in [-0.25, -0.2) is 8.42 Å². The Hall–Kier alpha value is -1.64. The van der Waals surface area contributed by atoms with Crippen LogP contribution >= 0.6 is 0 Å². The van der Waals surface area contributed by atoms with Crippen molar-refractivity contribution in [1.82, 2.24) is 4.90 Å². The standard InChI is InChI=1S/C15H21NO6S/c1-16(11-8-23(19,20)9-13(11)18)7-12(17)10-4-5-14(21-2)15(6-10)22-3/h4-6,11,13,18H,7-9H2,1-3H3/t11-,13-/m1/s1. The number of aliphatic hydroxyl groups excluding tert-OH is 1. The van der Waals surface area contributed by atoms with Gasteiger partial charge in [0.15, 0.2) is 27.1 Å². The molecule has 0 amide bonds. The summed E-state index contributed by atoms with van der Waals surface area (Å²) in [6, 6.07) is 4.28. The topological polar surface area (TPSA) is 93.1 Å². The van der Waals surface area contributed by atoms with Crippen LogP contribution < -0.4 is 9.47 Å². The van der Waals surface area contributed by atoms with Gasteiger partial charge in [0.1, 0.15) is 0 Å². The largest absolute Gasteiger partial charge is 0.493 e. The van der Waals surface area contributed by atoms with Gasteiger partial charge in [-0.2, -0.15) is 0 Å². The number of benzene rings is 1. The van der Waals surface area contributed by atoms with Crippen molar-refractivity contribution in [3.8, 4) is 11.5 Å². The van der Waals surface area contributed by atoms with Gasteiger partial charge in [-0.15, -0.1) is 0 Å². The van der Waals surface area contributed by atoms with Crippen molar-refractivity contribution in [2.45, 2.75) is 12.1 Å². The molecule has 8 heteroatoms. The van der Waals surface area contributed by atoms with Crippen LogP contribution in [-0.4, -0.2) is 75.7 Å². The molecule has 1 fully saturated rings. The van der Waals surface area contributed by atoms with Gasteiger partial charge in [-0.05, 0) is 25.2 Å². The summed E-state index contributed by atoms with van der Waals surface area (Å²) in [7, 11) is 1.38. The predicted molar refractivity (Wildman–Crippen MR) is 85.0 cm³/mol. The van der Waals surface area contributed by atoms with Crippen molar-refractivity contribution in [2.75, 3.05) is 39.3 Å². The Balaban J connectivity index is 2.10. The fourth-order valence-electron chi connectivity index (χ4n) is 2.68. The van der Waals surface area contributed by atoms with Crippen LogP contribution in [0.5, 0.6) is 11.5 Å². The smallest absolute Gasteiger partial charge is 0.176 e. The summed E-state index contributed by atoms with van der Waals surface area (Å²) >= 11 is 0. The molecule has 1 aromatic carbocycles. The van der Waals surface area contributed by atoms with Crippen LogP contribution in [0.3, 0.4) is 0 Å². The van der Waals surface area contributed by atoms with E-state index in [0.29, 0.717) is 17.1 Å². The van der Waals surface area contributed by atoms with Crippen LogP contribution in [-0.2, 0) is 9.84 Å². The minimum absolute atomic E-state index is 0.00668. The first-order valence-corrected chi connectivity index (χ1v) is 8.93. The van der Waals surface area contributed by atoms with Crippen molar-refractivity contribution < 1.29 is 27.8 Å². The van der Waals surface area contributed by atoms with Crippen LogP contribution in [0.2, 0.25) is 0 Å². The van der Waals surface area contributed by atoms with Crippen molar-refractivity contribution in [3.05, 3.63) is 23.8 Å². The Morgan fingerprint density at radius 2 is 1.91 bits per heavy atom. The first-order chi connectivity index (χ1) is 10.8. The zero-order chi connectivity index (χ0) is 17.2. The monoisotopic (exact) mass is 343 g/mol. The van der Waals surface area contributed by atoms with Gasteiger partial charge < -0.3 is 14.6 Å². The molecular formula is C15H21NO6S. The molecule has 1 N–H and O–H groups in total. The van der Waals surface area contributed by atoms with Crippen LogP contribution in [0.15, 0.2) is 18.2 Å². The number of methoxy groups -OCH3 is 2. The lowest BCUT2D eigenvalue weighted by atomic mass is 10.1. The Labute approximate surface area is 135 Å². The number of carbonyl (C=O) groups excluding carboxylic acids is 1. The maximum atomic E-state index is 12.4. The Bertz CT molecular complexity index is 687. The van der Waals surface area contributed by atoms with E-state index in [1.165, 1.54) is 14.2 Å². The molecule has 1 aliphatic rings. The number of Topliss-reactive ketones (excluding diaryl/α,β-unsaturated/α-hetero) is 1. The summed E-state index contributed by atoms with van der Waals surface area (Å²) < 4.78 is 33.4. The number of rotatable bonds is 6. The van der Waals surface area contributed by atoms with Crippen molar-refractivity contribution in [2.24, 2.45) is 0 Å². The van der Waals surface area contributed by atoms with E-state index in [0.717, 1.165) is 0 Å². The number of ketones is 1. The minimum Gasteiger partial charge on any atom is -0.493 e. The van der Waals surface area contributed by atoms with Gasteiger partial charge in [0.2, 0.25) is 0 Å². The van der Waals surface area contributed by atoms with Gasteiger partial charge in [-0.1, -0.05) is 0 Å². The highest BCUT2D eigenvalue weighted by molar-refractivity contribution is 7.91. The van der Waals surface area contributed by atoms with E-state index in [-0.39, 0.29) is 23.8 Å². The molecule has 7 nitrogen and oxygen atoms in total. The summed E-state index contributed by atoms with van der Waals surface area (Å²) in [6.45, 7) is 0.00668. The SMILES string of the molecule is COc1ccc(C(=O)CN(C)[C@@H]2CS(=O)(=O)C[C@H]2O)cc1OC. The van der Waals surface area contributed by atoms with E-state index in [1.807, 2.05) is 0 Å². The van der Waals surface area contributed by atoms with E-state index >= 15 is 0 Å². The lowest BCUT2D eigenvalue weighted by Gasteiger charge is -2.25. The summed E-state index contributed by atoms with van der Waals surface area (Å²) in [5.41, 5.74) is 0.435. The lowest BCUT2D eigenvalue weighted by molar-refractivity contribution is 0.0789. The van der Waals surface area contributed by atoms with E-state index in [2.05, 4.69) is 0 Å². The number of nitrogens with zero attached hydrogens (tertiary/aromatic N) is 1. The van der Waals surface area contributed by atoms with Gasteiger partial charge in [0.25, 0.3) is 0 Å². The molecule has 0 bridgehead atoms. The number of hydrogen-bond donors (Lipinski definition) is 1. The fourth-order valence-corrected chi connectivity index (χ4v) is 4.55. The third kappa shape index (κ3) is 4.01. The minimum atomic E-state index is -3.25. The molecule has 0 unspecified atom stereocenters. The summed E-state index contributed by atoms with van der Waals surface area (Å²) in [5.74, 6) is 0.389. The van der Waals surface area contributed by atoms with Crippen LogP contribution in [0.1, 0.15) is 10.4 Å². The molecule has 128 valence electrons.